The van der Waals surface area contributed by atoms with Gasteiger partial charge in [0.1, 0.15) is 0 Å². The normalized spacial score (nSPS) is 11.3. The molecular formula is C50H32N4. The van der Waals surface area contributed by atoms with E-state index in [2.05, 4.69) is 140 Å². The van der Waals surface area contributed by atoms with Crippen molar-refractivity contribution in [3.63, 3.8) is 0 Å². The standard InChI is InChI=1S/C50H32N4/c1-4-13-33(14-5-1)44-29-25-36-23-24-37-26-30-45(52-49(37)48(36)51-44)39-20-12-19-38(31-39)40-27-28-43(42-22-11-10-21-41(40)42)50-53-46(34-15-6-2-7-16-34)32-47(54-50)35-17-8-3-9-18-35/h1-32H. The average molecular weight is 689 g/mol. The second-order valence-electron chi connectivity index (χ2n) is 13.4. The molecular weight excluding hydrogens is 657 g/mol. The van der Waals surface area contributed by atoms with Gasteiger partial charge in [-0.05, 0) is 52.2 Å². The Morgan fingerprint density at radius 1 is 0.259 bits per heavy atom. The third-order valence-corrected chi connectivity index (χ3v) is 10.1. The first kappa shape index (κ1) is 31.4. The van der Waals surface area contributed by atoms with Gasteiger partial charge in [0.25, 0.3) is 0 Å². The number of pyridine rings is 2. The lowest BCUT2D eigenvalue weighted by molar-refractivity contribution is 1.19. The number of fused-ring (bicyclic) bond motifs is 4. The number of benzene rings is 7. The van der Waals surface area contributed by atoms with Gasteiger partial charge >= 0.3 is 0 Å². The molecule has 0 fully saturated rings. The lowest BCUT2D eigenvalue weighted by atomic mass is 9.93. The second kappa shape index (κ2) is 13.4. The number of hydrogen-bond acceptors (Lipinski definition) is 4. The Kier molecular flexibility index (Phi) is 7.77. The SMILES string of the molecule is c1ccc(-c2cc(-c3ccccc3)nc(-c3ccc(-c4cccc(-c5ccc6ccc7ccc(-c8ccccc8)nc7c6n5)c4)c4ccccc34)n2)cc1. The molecule has 0 bridgehead atoms. The van der Waals surface area contributed by atoms with Gasteiger partial charge < -0.3 is 0 Å². The molecule has 0 aliphatic heterocycles. The van der Waals surface area contributed by atoms with E-state index in [1.165, 1.54) is 0 Å². The molecule has 0 amide bonds. The molecule has 3 aromatic heterocycles. The molecule has 0 unspecified atom stereocenters. The largest absolute Gasteiger partial charge is 0.245 e. The van der Waals surface area contributed by atoms with E-state index >= 15 is 0 Å². The van der Waals surface area contributed by atoms with Crippen molar-refractivity contribution < 1.29 is 0 Å². The first-order valence-electron chi connectivity index (χ1n) is 18.1. The van der Waals surface area contributed by atoms with Crippen LogP contribution in [-0.2, 0) is 0 Å². The molecule has 0 radical (unpaired) electrons. The van der Waals surface area contributed by atoms with Crippen LogP contribution in [0.3, 0.4) is 0 Å². The molecule has 0 aliphatic carbocycles. The van der Waals surface area contributed by atoms with Gasteiger partial charge in [-0.15, -0.1) is 0 Å². The highest BCUT2D eigenvalue weighted by Crippen LogP contribution is 2.38. The van der Waals surface area contributed by atoms with Crippen molar-refractivity contribution in [1.29, 1.82) is 0 Å². The molecule has 0 saturated carbocycles. The van der Waals surface area contributed by atoms with Crippen molar-refractivity contribution >= 4 is 32.6 Å². The van der Waals surface area contributed by atoms with E-state index in [0.29, 0.717) is 5.82 Å². The summed E-state index contributed by atoms with van der Waals surface area (Å²) >= 11 is 0. The lowest BCUT2D eigenvalue weighted by Crippen LogP contribution is -1.97. The van der Waals surface area contributed by atoms with Crippen molar-refractivity contribution in [1.82, 2.24) is 19.9 Å². The zero-order chi connectivity index (χ0) is 35.8. The summed E-state index contributed by atoms with van der Waals surface area (Å²) in [6, 6.07) is 67.4. The third kappa shape index (κ3) is 5.76. The molecule has 54 heavy (non-hydrogen) atoms. The zero-order valence-electron chi connectivity index (χ0n) is 29.3. The first-order valence-corrected chi connectivity index (χ1v) is 18.1. The van der Waals surface area contributed by atoms with E-state index in [0.717, 1.165) is 94.3 Å². The van der Waals surface area contributed by atoms with Crippen LogP contribution in [0.1, 0.15) is 0 Å². The van der Waals surface area contributed by atoms with Crippen LogP contribution in [0, 0.1) is 0 Å². The van der Waals surface area contributed by atoms with Gasteiger partial charge in [-0.3, -0.25) is 0 Å². The van der Waals surface area contributed by atoms with Crippen LogP contribution >= 0.6 is 0 Å². The van der Waals surface area contributed by atoms with Crippen LogP contribution in [0.2, 0.25) is 0 Å². The lowest BCUT2D eigenvalue weighted by Gasteiger charge is -2.14. The average Bonchev–Trinajstić information content (AvgIpc) is 3.26. The van der Waals surface area contributed by atoms with Crippen LogP contribution in [0.25, 0.3) is 100 Å². The maximum absolute atomic E-state index is 5.25. The Labute approximate surface area is 313 Å². The summed E-state index contributed by atoms with van der Waals surface area (Å²) in [6.45, 7) is 0. The van der Waals surface area contributed by atoms with E-state index in [1.54, 1.807) is 0 Å². The van der Waals surface area contributed by atoms with Crippen LogP contribution < -0.4 is 0 Å². The highest BCUT2D eigenvalue weighted by molar-refractivity contribution is 6.06. The summed E-state index contributed by atoms with van der Waals surface area (Å²) in [5.74, 6) is 0.698. The highest BCUT2D eigenvalue weighted by Gasteiger charge is 2.16. The summed E-state index contributed by atoms with van der Waals surface area (Å²) in [5, 5.41) is 4.37. The van der Waals surface area contributed by atoms with Gasteiger partial charge in [0.15, 0.2) is 5.82 Å². The summed E-state index contributed by atoms with van der Waals surface area (Å²) in [5.41, 5.74) is 12.9. The molecule has 4 nitrogen and oxygen atoms in total. The maximum Gasteiger partial charge on any atom is 0.161 e. The number of rotatable bonds is 6. The van der Waals surface area contributed by atoms with E-state index in [4.69, 9.17) is 19.9 Å². The number of hydrogen-bond donors (Lipinski definition) is 0. The van der Waals surface area contributed by atoms with Crippen LogP contribution in [0.4, 0.5) is 0 Å². The van der Waals surface area contributed by atoms with Gasteiger partial charge in [0.2, 0.25) is 0 Å². The van der Waals surface area contributed by atoms with Crippen molar-refractivity contribution in [3.8, 4) is 67.5 Å². The fraction of sp³-hybridized carbons (Fsp3) is 0. The Morgan fingerprint density at radius 2 is 0.685 bits per heavy atom. The van der Waals surface area contributed by atoms with Crippen molar-refractivity contribution in [2.24, 2.45) is 0 Å². The molecule has 4 heteroatoms. The number of nitrogens with zero attached hydrogens (tertiary/aromatic N) is 4. The van der Waals surface area contributed by atoms with E-state index in [-0.39, 0.29) is 0 Å². The predicted molar refractivity (Wildman–Crippen MR) is 223 cm³/mol. The van der Waals surface area contributed by atoms with Gasteiger partial charge in [-0.2, -0.15) is 0 Å². The number of aromatic nitrogens is 4. The van der Waals surface area contributed by atoms with Crippen LogP contribution in [0.15, 0.2) is 194 Å². The molecule has 10 aromatic rings. The predicted octanol–water partition coefficient (Wildman–Crippen LogP) is 12.7. The molecule has 3 heterocycles. The molecule has 252 valence electrons. The maximum atomic E-state index is 5.25. The van der Waals surface area contributed by atoms with Crippen LogP contribution in [0.5, 0.6) is 0 Å². The second-order valence-corrected chi connectivity index (χ2v) is 13.4. The fourth-order valence-electron chi connectivity index (χ4n) is 7.37. The highest BCUT2D eigenvalue weighted by atomic mass is 14.9. The Morgan fingerprint density at radius 3 is 1.26 bits per heavy atom. The molecule has 7 aromatic carbocycles. The summed E-state index contributed by atoms with van der Waals surface area (Å²) < 4.78 is 0. The monoisotopic (exact) mass is 688 g/mol. The fourth-order valence-corrected chi connectivity index (χ4v) is 7.37. The van der Waals surface area contributed by atoms with Crippen molar-refractivity contribution in [2.75, 3.05) is 0 Å². The first-order chi connectivity index (χ1) is 26.7. The summed E-state index contributed by atoms with van der Waals surface area (Å²) in [4.78, 5) is 20.7. The van der Waals surface area contributed by atoms with E-state index in [1.807, 2.05) is 54.6 Å². The third-order valence-electron chi connectivity index (χ3n) is 10.1. The molecule has 0 saturated heterocycles. The molecule has 0 N–H and O–H groups in total. The van der Waals surface area contributed by atoms with Gasteiger partial charge in [0.05, 0.1) is 33.8 Å². The summed E-state index contributed by atoms with van der Waals surface area (Å²) in [7, 11) is 0. The Balaban J connectivity index is 1.08. The molecule has 10 rings (SSSR count). The van der Waals surface area contributed by atoms with Gasteiger partial charge in [-0.1, -0.05) is 164 Å². The van der Waals surface area contributed by atoms with E-state index < -0.39 is 0 Å². The van der Waals surface area contributed by atoms with E-state index in [9.17, 15) is 0 Å². The van der Waals surface area contributed by atoms with Gasteiger partial charge in [0, 0.05) is 38.6 Å². The molecule has 0 spiro atoms. The minimum Gasteiger partial charge on any atom is -0.245 e. The minimum atomic E-state index is 0.698. The smallest absolute Gasteiger partial charge is 0.161 e. The summed E-state index contributed by atoms with van der Waals surface area (Å²) in [6.07, 6.45) is 0. The quantitative estimate of drug-likeness (QED) is 0.163. The van der Waals surface area contributed by atoms with Crippen molar-refractivity contribution in [2.45, 2.75) is 0 Å². The Bertz CT molecular complexity index is 2920. The zero-order valence-corrected chi connectivity index (χ0v) is 29.3. The molecule has 0 aliphatic rings. The Hall–Kier alpha value is -7.30. The van der Waals surface area contributed by atoms with Crippen molar-refractivity contribution in [3.05, 3.63) is 194 Å². The topological polar surface area (TPSA) is 51.6 Å². The molecule has 0 atom stereocenters. The van der Waals surface area contributed by atoms with Crippen LogP contribution in [-0.4, -0.2) is 19.9 Å². The van der Waals surface area contributed by atoms with Gasteiger partial charge in [-0.25, -0.2) is 19.9 Å². The minimum absolute atomic E-state index is 0.698.